The van der Waals surface area contributed by atoms with Gasteiger partial charge >= 0.3 is 6.09 Å². The number of nitrogens with two attached hydrogens (primary N) is 1. The Morgan fingerprint density at radius 1 is 0.764 bits per heavy atom. The van der Waals surface area contributed by atoms with Crippen LogP contribution in [0.1, 0.15) is 68.7 Å². The molecule has 14 heteroatoms. The first kappa shape index (κ1) is 41.6. The average Bonchev–Trinajstić information content (AvgIpc) is 3.16. The van der Waals surface area contributed by atoms with E-state index in [0.717, 1.165) is 22.4 Å². The van der Waals surface area contributed by atoms with Gasteiger partial charge in [0.25, 0.3) is 0 Å². The average molecular weight is 752 g/mol. The number of para-hydroxylation sites is 1. The van der Waals surface area contributed by atoms with Crippen molar-refractivity contribution in [3.05, 3.63) is 95.1 Å². The number of fused-ring (bicyclic) bond motifs is 2. The van der Waals surface area contributed by atoms with Crippen molar-refractivity contribution in [2.24, 2.45) is 11.7 Å². The first-order chi connectivity index (χ1) is 26.4. The summed E-state index contributed by atoms with van der Waals surface area (Å²) in [4.78, 5) is 78.0. The minimum absolute atomic E-state index is 0.00328. The molecule has 0 spiro atoms. The summed E-state index contributed by atoms with van der Waals surface area (Å²) in [6.45, 7) is 6.21. The van der Waals surface area contributed by atoms with E-state index in [1.54, 1.807) is 43.0 Å². The number of nitrogens with one attached hydrogen (secondary N) is 5. The third-order valence-corrected chi connectivity index (χ3v) is 8.67. The summed E-state index contributed by atoms with van der Waals surface area (Å²) < 4.78 is 5.09. The van der Waals surface area contributed by atoms with E-state index in [0.29, 0.717) is 30.9 Å². The first-order valence-electron chi connectivity index (χ1n) is 18.3. The molecule has 0 bridgehead atoms. The summed E-state index contributed by atoms with van der Waals surface area (Å²) in [5, 5.41) is 13.4. The summed E-state index contributed by atoms with van der Waals surface area (Å²) in [6, 6.07) is 20.0. The van der Waals surface area contributed by atoms with E-state index in [-0.39, 0.29) is 56.6 Å². The van der Waals surface area contributed by atoms with Crippen molar-refractivity contribution >= 4 is 47.0 Å². The van der Waals surface area contributed by atoms with E-state index in [4.69, 9.17) is 10.5 Å². The SMILES string of the molecule is CC(C)[C@H](NC(=O)CCCC(=O)NCCC(=O)N1Cc2ccccc2C#Cc2ccccc21)C(=O)N[C@@H](C)C(=O)Nc1ccc(COC(=O)NCCN)cc1. The second-order valence-electron chi connectivity index (χ2n) is 13.4. The molecule has 0 fully saturated rings. The Labute approximate surface area is 321 Å². The summed E-state index contributed by atoms with van der Waals surface area (Å²) >= 11 is 0. The molecule has 55 heavy (non-hydrogen) atoms. The molecule has 14 nitrogen and oxygen atoms in total. The Balaban J connectivity index is 1.17. The van der Waals surface area contributed by atoms with Crippen LogP contribution in [0.4, 0.5) is 16.2 Å². The van der Waals surface area contributed by atoms with Gasteiger partial charge in [-0.2, -0.15) is 0 Å². The molecule has 1 aliphatic heterocycles. The molecule has 7 N–H and O–H groups in total. The van der Waals surface area contributed by atoms with Gasteiger partial charge < -0.3 is 42.0 Å². The highest BCUT2D eigenvalue weighted by Crippen LogP contribution is 2.26. The third kappa shape index (κ3) is 13.0. The summed E-state index contributed by atoms with van der Waals surface area (Å²) in [5.41, 5.74) is 9.80. The minimum Gasteiger partial charge on any atom is -0.445 e. The molecule has 3 aromatic carbocycles. The normalized spacial score (nSPS) is 12.6. The highest BCUT2D eigenvalue weighted by molar-refractivity contribution is 5.98. The second-order valence-corrected chi connectivity index (χ2v) is 13.4. The molecule has 0 aromatic heterocycles. The molecule has 0 saturated heterocycles. The summed E-state index contributed by atoms with van der Waals surface area (Å²) in [7, 11) is 0. The van der Waals surface area contributed by atoms with Crippen LogP contribution < -0.4 is 37.2 Å². The number of amides is 6. The molecular weight excluding hydrogens is 702 g/mol. The van der Waals surface area contributed by atoms with E-state index >= 15 is 0 Å². The maximum atomic E-state index is 13.4. The number of benzene rings is 3. The zero-order valence-corrected chi connectivity index (χ0v) is 31.4. The Kier molecular flexibility index (Phi) is 15.8. The van der Waals surface area contributed by atoms with Crippen molar-refractivity contribution < 1.29 is 33.5 Å². The van der Waals surface area contributed by atoms with Crippen LogP contribution in [0.15, 0.2) is 72.8 Å². The number of carbonyl (C=O) groups is 6. The van der Waals surface area contributed by atoms with E-state index in [9.17, 15) is 28.8 Å². The van der Waals surface area contributed by atoms with Crippen molar-refractivity contribution in [2.75, 3.05) is 29.9 Å². The number of ether oxygens (including phenoxy) is 1. The zero-order chi connectivity index (χ0) is 39.7. The topological polar surface area (TPSA) is 201 Å². The molecule has 6 amide bonds. The van der Waals surface area contributed by atoms with E-state index in [2.05, 4.69) is 38.4 Å². The van der Waals surface area contributed by atoms with Crippen LogP contribution in [0.2, 0.25) is 0 Å². The summed E-state index contributed by atoms with van der Waals surface area (Å²) in [5.74, 6) is 4.24. The molecule has 290 valence electrons. The molecule has 1 heterocycles. The van der Waals surface area contributed by atoms with Gasteiger partial charge in [0.15, 0.2) is 0 Å². The van der Waals surface area contributed by atoms with Gasteiger partial charge in [-0.25, -0.2) is 4.79 Å². The summed E-state index contributed by atoms with van der Waals surface area (Å²) in [6.07, 6.45) is -0.203. The molecule has 0 radical (unpaired) electrons. The van der Waals surface area contributed by atoms with E-state index in [1.807, 2.05) is 48.5 Å². The van der Waals surface area contributed by atoms with Gasteiger partial charge in [0.2, 0.25) is 29.5 Å². The lowest BCUT2D eigenvalue weighted by Gasteiger charge is -2.26. The van der Waals surface area contributed by atoms with Gasteiger partial charge in [0.1, 0.15) is 18.7 Å². The highest BCUT2D eigenvalue weighted by Gasteiger charge is 2.27. The smallest absolute Gasteiger partial charge is 0.407 e. The number of anilines is 2. The van der Waals surface area contributed by atoms with E-state index in [1.165, 1.54) is 6.92 Å². The number of alkyl carbamates (subject to hydrolysis) is 1. The van der Waals surface area contributed by atoms with Crippen molar-refractivity contribution in [1.82, 2.24) is 21.3 Å². The molecule has 0 saturated carbocycles. The molecule has 0 aliphatic carbocycles. The number of nitrogens with zero attached hydrogens (tertiary/aromatic N) is 1. The molecule has 2 atom stereocenters. The van der Waals surface area contributed by atoms with Crippen molar-refractivity contribution in [3.8, 4) is 11.8 Å². The largest absolute Gasteiger partial charge is 0.445 e. The molecule has 1 aliphatic rings. The zero-order valence-electron chi connectivity index (χ0n) is 31.4. The fourth-order valence-electron chi connectivity index (χ4n) is 5.61. The number of rotatable bonds is 17. The molecule has 4 rings (SSSR count). The van der Waals surface area contributed by atoms with Gasteiger partial charge in [-0.3, -0.25) is 24.0 Å². The highest BCUT2D eigenvalue weighted by atomic mass is 16.5. The van der Waals surface area contributed by atoms with Gasteiger partial charge in [-0.15, -0.1) is 0 Å². The van der Waals surface area contributed by atoms with Crippen molar-refractivity contribution in [3.63, 3.8) is 0 Å². The standard InChI is InChI=1S/C41H49N7O7/c1-27(2)38(40(53)45-28(3)39(52)46-33-19-15-29(16-20-33)26-55-41(54)44-24-22-42)47-36(50)14-8-13-35(49)43-23-21-37(51)48-25-32-11-5-4-9-30(32)17-18-31-10-6-7-12-34(31)48/h4-7,9-12,15-16,19-20,27-28,38H,8,13-14,21-26,42H2,1-3H3,(H,43,49)(H,44,54)(H,45,53)(H,46,52)(H,47,50)/t28-,38-/m0/s1. The van der Waals surface area contributed by atoms with Crippen LogP contribution in [0.3, 0.4) is 0 Å². The molecule has 0 unspecified atom stereocenters. The minimum atomic E-state index is -0.918. The Hall–Kier alpha value is -6.20. The maximum Gasteiger partial charge on any atom is 0.407 e. The van der Waals surface area contributed by atoms with Crippen LogP contribution in [-0.4, -0.2) is 67.3 Å². The van der Waals surface area contributed by atoms with Gasteiger partial charge in [0, 0.05) is 55.7 Å². The van der Waals surface area contributed by atoms with Gasteiger partial charge in [-0.05, 0) is 60.7 Å². The predicted octanol–water partition coefficient (Wildman–Crippen LogP) is 3.08. The van der Waals surface area contributed by atoms with Gasteiger partial charge in [-0.1, -0.05) is 68.2 Å². The van der Waals surface area contributed by atoms with Crippen LogP contribution in [0.25, 0.3) is 0 Å². The Morgan fingerprint density at radius 2 is 1.44 bits per heavy atom. The number of hydrogen-bond acceptors (Lipinski definition) is 8. The quantitative estimate of drug-likeness (QED) is 0.113. The first-order valence-corrected chi connectivity index (χ1v) is 18.3. The van der Waals surface area contributed by atoms with Crippen LogP contribution in [0.5, 0.6) is 0 Å². The monoisotopic (exact) mass is 751 g/mol. The maximum absolute atomic E-state index is 13.4. The Morgan fingerprint density at radius 3 is 2.16 bits per heavy atom. The molecule has 3 aromatic rings. The number of hydrogen-bond donors (Lipinski definition) is 6. The van der Waals surface area contributed by atoms with Crippen LogP contribution in [0, 0.1) is 17.8 Å². The molecular formula is C41H49N7O7. The number of carbonyl (C=O) groups excluding carboxylic acids is 6. The van der Waals surface area contributed by atoms with Crippen LogP contribution >= 0.6 is 0 Å². The lowest BCUT2D eigenvalue weighted by atomic mass is 10.0. The fourth-order valence-corrected chi connectivity index (χ4v) is 5.61. The third-order valence-electron chi connectivity index (χ3n) is 8.67. The lowest BCUT2D eigenvalue weighted by molar-refractivity contribution is -0.132. The fraction of sp³-hybridized carbons (Fsp3) is 0.366. The van der Waals surface area contributed by atoms with E-state index < -0.39 is 35.9 Å². The Bertz CT molecular complexity index is 1900. The predicted molar refractivity (Wildman–Crippen MR) is 208 cm³/mol. The van der Waals surface area contributed by atoms with Crippen molar-refractivity contribution in [1.29, 1.82) is 0 Å². The van der Waals surface area contributed by atoms with Crippen LogP contribution in [-0.2, 0) is 41.9 Å². The van der Waals surface area contributed by atoms with Crippen molar-refractivity contribution in [2.45, 2.75) is 71.7 Å². The second kappa shape index (κ2) is 20.9. The lowest BCUT2D eigenvalue weighted by Crippen LogP contribution is -2.53. The van der Waals surface area contributed by atoms with Gasteiger partial charge in [0.05, 0.1) is 12.2 Å².